The van der Waals surface area contributed by atoms with Gasteiger partial charge in [0.05, 0.1) is 5.75 Å². The molecule has 0 fully saturated rings. The van der Waals surface area contributed by atoms with E-state index in [2.05, 4.69) is 15.3 Å². The van der Waals surface area contributed by atoms with E-state index in [0.29, 0.717) is 5.16 Å². The van der Waals surface area contributed by atoms with Gasteiger partial charge in [-0.1, -0.05) is 18.7 Å². The lowest BCUT2D eigenvalue weighted by Gasteiger charge is -2.24. The molecule has 1 heterocycles. The van der Waals surface area contributed by atoms with Gasteiger partial charge in [0, 0.05) is 11.6 Å². The van der Waals surface area contributed by atoms with Gasteiger partial charge in [-0.05, 0) is 20.3 Å². The summed E-state index contributed by atoms with van der Waals surface area (Å²) < 4.78 is 0. The number of nitrogen functional groups attached to an aromatic ring is 1. The minimum atomic E-state index is -0.320. The molecule has 0 saturated heterocycles. The van der Waals surface area contributed by atoms with Crippen molar-refractivity contribution >= 4 is 23.5 Å². The molecule has 1 aromatic rings. The molecule has 0 aliphatic carbocycles. The zero-order valence-electron chi connectivity index (χ0n) is 10.7. The van der Waals surface area contributed by atoms with Crippen LogP contribution in [0, 0.1) is 0 Å². The van der Waals surface area contributed by atoms with Gasteiger partial charge in [-0.2, -0.15) is 0 Å². The van der Waals surface area contributed by atoms with Gasteiger partial charge in [-0.15, -0.1) is 0 Å². The van der Waals surface area contributed by atoms with Crippen LogP contribution in [0.15, 0.2) is 16.0 Å². The number of aromatic amines is 1. The molecule has 6 nitrogen and oxygen atoms in total. The molecular weight excluding hydrogens is 252 g/mol. The van der Waals surface area contributed by atoms with Crippen LogP contribution in [-0.4, -0.2) is 27.2 Å². The van der Waals surface area contributed by atoms with Gasteiger partial charge in [-0.25, -0.2) is 4.98 Å². The van der Waals surface area contributed by atoms with Crippen LogP contribution >= 0.6 is 11.8 Å². The summed E-state index contributed by atoms with van der Waals surface area (Å²) in [6.45, 7) is 5.91. The average molecular weight is 270 g/mol. The second-order valence-electron chi connectivity index (χ2n) is 4.55. The molecule has 0 atom stereocenters. The van der Waals surface area contributed by atoms with Crippen molar-refractivity contribution in [3.05, 3.63) is 16.4 Å². The smallest absolute Gasteiger partial charge is 0.253 e. The summed E-state index contributed by atoms with van der Waals surface area (Å²) in [5.74, 6) is 0.239. The van der Waals surface area contributed by atoms with E-state index in [0.717, 1.165) is 18.2 Å². The zero-order valence-corrected chi connectivity index (χ0v) is 11.6. The SMILES string of the molecule is CCC(C)(C)NC(=O)CSc1nc(N)cc(=O)[nH]1. The maximum Gasteiger partial charge on any atom is 0.253 e. The standard InChI is InChI=1S/C11H18N4O2S/c1-4-11(2,3)15-9(17)6-18-10-13-7(12)5-8(16)14-10/h5H,4,6H2,1-3H3,(H,15,17)(H3,12,13,14,16). The third kappa shape index (κ3) is 4.79. The fraction of sp³-hybridized carbons (Fsp3) is 0.545. The van der Waals surface area contributed by atoms with Crippen molar-refractivity contribution in [3.63, 3.8) is 0 Å². The van der Waals surface area contributed by atoms with Gasteiger partial charge < -0.3 is 16.0 Å². The van der Waals surface area contributed by atoms with Crippen molar-refractivity contribution in [2.24, 2.45) is 0 Å². The molecular formula is C11H18N4O2S. The molecule has 1 aromatic heterocycles. The Morgan fingerprint density at radius 3 is 2.83 bits per heavy atom. The normalized spacial score (nSPS) is 11.3. The third-order valence-electron chi connectivity index (χ3n) is 2.44. The second kappa shape index (κ2) is 5.90. The number of carbonyl (C=O) groups excluding carboxylic acids is 1. The van der Waals surface area contributed by atoms with Crippen molar-refractivity contribution in [2.75, 3.05) is 11.5 Å². The predicted octanol–water partition coefficient (Wildman–Crippen LogP) is 0.749. The molecule has 0 saturated carbocycles. The first-order valence-corrected chi connectivity index (χ1v) is 6.61. The minimum Gasteiger partial charge on any atom is -0.383 e. The van der Waals surface area contributed by atoms with E-state index in [1.165, 1.54) is 6.07 Å². The van der Waals surface area contributed by atoms with Crippen LogP contribution in [0.1, 0.15) is 27.2 Å². The van der Waals surface area contributed by atoms with Crippen molar-refractivity contribution in [3.8, 4) is 0 Å². The lowest BCUT2D eigenvalue weighted by Crippen LogP contribution is -2.43. The molecule has 0 aromatic carbocycles. The third-order valence-corrected chi connectivity index (χ3v) is 3.31. The fourth-order valence-corrected chi connectivity index (χ4v) is 1.84. The first-order valence-electron chi connectivity index (χ1n) is 5.63. The molecule has 7 heteroatoms. The van der Waals surface area contributed by atoms with Crippen LogP contribution in [-0.2, 0) is 4.79 Å². The van der Waals surface area contributed by atoms with Crippen molar-refractivity contribution in [2.45, 2.75) is 37.9 Å². The number of hydrogen-bond acceptors (Lipinski definition) is 5. The van der Waals surface area contributed by atoms with E-state index < -0.39 is 0 Å². The molecule has 0 bridgehead atoms. The Balaban J connectivity index is 2.55. The van der Waals surface area contributed by atoms with Crippen molar-refractivity contribution in [1.82, 2.24) is 15.3 Å². The number of aromatic nitrogens is 2. The molecule has 0 aliphatic heterocycles. The number of anilines is 1. The molecule has 0 radical (unpaired) electrons. The van der Waals surface area contributed by atoms with Crippen LogP contribution < -0.4 is 16.6 Å². The van der Waals surface area contributed by atoms with Gasteiger partial charge >= 0.3 is 0 Å². The van der Waals surface area contributed by atoms with Crippen LogP contribution in [0.2, 0.25) is 0 Å². The summed E-state index contributed by atoms with van der Waals surface area (Å²) in [5.41, 5.74) is 4.90. The monoisotopic (exact) mass is 270 g/mol. The highest BCUT2D eigenvalue weighted by molar-refractivity contribution is 7.99. The Labute approximate surface area is 110 Å². The fourth-order valence-electron chi connectivity index (χ4n) is 1.16. The summed E-state index contributed by atoms with van der Waals surface area (Å²) in [6.07, 6.45) is 0.844. The highest BCUT2D eigenvalue weighted by Gasteiger charge is 2.17. The summed E-state index contributed by atoms with van der Waals surface area (Å²) in [4.78, 5) is 29.3. The highest BCUT2D eigenvalue weighted by atomic mass is 32.2. The van der Waals surface area contributed by atoms with Gasteiger partial charge in [0.2, 0.25) is 5.91 Å². The van der Waals surface area contributed by atoms with Crippen molar-refractivity contribution < 1.29 is 4.79 Å². The Bertz CT molecular complexity index is 484. The van der Waals surface area contributed by atoms with E-state index in [1.807, 2.05) is 20.8 Å². The van der Waals surface area contributed by atoms with Crippen molar-refractivity contribution in [1.29, 1.82) is 0 Å². The zero-order chi connectivity index (χ0) is 13.8. The molecule has 0 unspecified atom stereocenters. The summed E-state index contributed by atoms with van der Waals surface area (Å²) in [7, 11) is 0. The second-order valence-corrected chi connectivity index (χ2v) is 5.51. The van der Waals surface area contributed by atoms with Crippen LogP contribution in [0.4, 0.5) is 5.82 Å². The number of carbonyl (C=O) groups is 1. The molecule has 1 amide bonds. The van der Waals surface area contributed by atoms with Crippen LogP contribution in [0.25, 0.3) is 0 Å². The lowest BCUT2D eigenvalue weighted by molar-refractivity contribution is -0.120. The molecule has 1 rings (SSSR count). The van der Waals surface area contributed by atoms with Gasteiger partial charge in [0.15, 0.2) is 5.16 Å². The lowest BCUT2D eigenvalue weighted by atomic mass is 10.0. The summed E-state index contributed by atoms with van der Waals surface area (Å²) in [6, 6.07) is 1.20. The number of nitrogens with two attached hydrogens (primary N) is 1. The Kier molecular flexibility index (Phi) is 4.77. The number of nitrogens with zero attached hydrogens (tertiary/aromatic N) is 1. The average Bonchev–Trinajstić information content (AvgIpc) is 2.24. The first kappa shape index (κ1) is 14.6. The summed E-state index contributed by atoms with van der Waals surface area (Å²) in [5, 5.41) is 3.25. The van der Waals surface area contributed by atoms with E-state index in [9.17, 15) is 9.59 Å². The van der Waals surface area contributed by atoms with E-state index in [-0.39, 0.29) is 28.6 Å². The Morgan fingerprint density at radius 1 is 1.61 bits per heavy atom. The van der Waals surface area contributed by atoms with Gasteiger partial charge in [0.1, 0.15) is 5.82 Å². The number of hydrogen-bond donors (Lipinski definition) is 3. The largest absolute Gasteiger partial charge is 0.383 e. The Hall–Kier alpha value is -1.50. The molecule has 100 valence electrons. The molecule has 0 spiro atoms. The number of rotatable bonds is 5. The topological polar surface area (TPSA) is 101 Å². The molecule has 0 aliphatic rings. The number of H-pyrrole nitrogens is 1. The van der Waals surface area contributed by atoms with E-state index >= 15 is 0 Å². The maximum atomic E-state index is 11.7. The number of thioether (sulfide) groups is 1. The Morgan fingerprint density at radius 2 is 2.28 bits per heavy atom. The first-order chi connectivity index (χ1) is 8.32. The van der Waals surface area contributed by atoms with Gasteiger partial charge in [-0.3, -0.25) is 9.59 Å². The number of amides is 1. The molecule has 18 heavy (non-hydrogen) atoms. The molecule has 4 N–H and O–H groups in total. The minimum absolute atomic E-state index is 0.100. The van der Waals surface area contributed by atoms with Crippen LogP contribution in [0.3, 0.4) is 0 Å². The van der Waals surface area contributed by atoms with Gasteiger partial charge in [0.25, 0.3) is 5.56 Å². The predicted molar refractivity (Wildman–Crippen MR) is 72.5 cm³/mol. The van der Waals surface area contributed by atoms with E-state index in [4.69, 9.17) is 5.73 Å². The highest BCUT2D eigenvalue weighted by Crippen LogP contribution is 2.13. The number of nitrogens with one attached hydrogen (secondary N) is 2. The summed E-state index contributed by atoms with van der Waals surface area (Å²) >= 11 is 1.15. The van der Waals surface area contributed by atoms with Crippen LogP contribution in [0.5, 0.6) is 0 Å². The quantitative estimate of drug-likeness (QED) is 0.541. The van der Waals surface area contributed by atoms with E-state index in [1.54, 1.807) is 0 Å². The maximum absolute atomic E-state index is 11.7.